The number of hydrogen-bond donors (Lipinski definition) is 1. The molecular formula is C9H9NS2. The highest BCUT2D eigenvalue weighted by Gasteiger charge is 2.36. The molecular weight excluding hydrogens is 186 g/mol. The van der Waals surface area contributed by atoms with E-state index in [1.807, 2.05) is 11.3 Å². The zero-order valence-electron chi connectivity index (χ0n) is 6.49. The first-order chi connectivity index (χ1) is 5.84. The van der Waals surface area contributed by atoms with E-state index in [9.17, 15) is 0 Å². The second kappa shape index (κ2) is 2.31. The molecule has 1 aliphatic carbocycles. The van der Waals surface area contributed by atoms with Crippen LogP contribution in [-0.4, -0.2) is 6.04 Å². The summed E-state index contributed by atoms with van der Waals surface area (Å²) in [5.74, 6) is 0.674. The molecule has 0 saturated heterocycles. The van der Waals surface area contributed by atoms with Crippen molar-refractivity contribution in [2.24, 2.45) is 5.73 Å². The Bertz CT molecular complexity index is 386. The highest BCUT2D eigenvalue weighted by atomic mass is 32.1. The summed E-state index contributed by atoms with van der Waals surface area (Å²) >= 11 is 3.69. The van der Waals surface area contributed by atoms with E-state index in [1.54, 1.807) is 11.3 Å². The van der Waals surface area contributed by atoms with E-state index < -0.39 is 0 Å². The molecule has 62 valence electrons. The van der Waals surface area contributed by atoms with E-state index in [-0.39, 0.29) is 0 Å². The van der Waals surface area contributed by atoms with Crippen molar-refractivity contribution in [1.82, 2.24) is 0 Å². The van der Waals surface area contributed by atoms with Crippen LogP contribution in [0.2, 0.25) is 0 Å². The van der Waals surface area contributed by atoms with Crippen molar-refractivity contribution in [2.45, 2.75) is 18.4 Å². The first kappa shape index (κ1) is 7.06. The van der Waals surface area contributed by atoms with Crippen LogP contribution in [0.4, 0.5) is 0 Å². The SMILES string of the molecule is NC1CC1c1cc2cscc2s1. The lowest BCUT2D eigenvalue weighted by Crippen LogP contribution is -1.99. The summed E-state index contributed by atoms with van der Waals surface area (Å²) in [6, 6.07) is 2.74. The summed E-state index contributed by atoms with van der Waals surface area (Å²) < 4.78 is 1.43. The Morgan fingerprint density at radius 3 is 2.92 bits per heavy atom. The quantitative estimate of drug-likeness (QED) is 0.744. The third-order valence-electron chi connectivity index (χ3n) is 2.39. The van der Waals surface area contributed by atoms with Crippen molar-refractivity contribution in [1.29, 1.82) is 0 Å². The molecule has 2 N–H and O–H groups in total. The van der Waals surface area contributed by atoms with Crippen molar-refractivity contribution in [3.63, 3.8) is 0 Å². The van der Waals surface area contributed by atoms with Gasteiger partial charge >= 0.3 is 0 Å². The lowest BCUT2D eigenvalue weighted by atomic mass is 10.3. The molecule has 2 atom stereocenters. The molecule has 2 aromatic heterocycles. The van der Waals surface area contributed by atoms with Gasteiger partial charge in [0.15, 0.2) is 0 Å². The van der Waals surface area contributed by atoms with Crippen LogP contribution in [-0.2, 0) is 0 Å². The molecule has 1 aliphatic rings. The molecule has 1 saturated carbocycles. The van der Waals surface area contributed by atoms with Gasteiger partial charge in [-0.3, -0.25) is 0 Å². The smallest absolute Gasteiger partial charge is 0.0452 e. The third-order valence-corrected chi connectivity index (χ3v) is 4.53. The molecule has 3 heteroatoms. The van der Waals surface area contributed by atoms with Gasteiger partial charge in [0, 0.05) is 32.3 Å². The first-order valence-corrected chi connectivity index (χ1v) is 5.82. The largest absolute Gasteiger partial charge is 0.327 e. The zero-order valence-corrected chi connectivity index (χ0v) is 8.12. The maximum absolute atomic E-state index is 5.80. The second-order valence-corrected chi connectivity index (χ2v) is 5.21. The van der Waals surface area contributed by atoms with Gasteiger partial charge in [-0.2, -0.15) is 11.3 Å². The fourth-order valence-electron chi connectivity index (χ4n) is 1.52. The minimum Gasteiger partial charge on any atom is -0.327 e. The van der Waals surface area contributed by atoms with Crippen LogP contribution < -0.4 is 5.73 Å². The van der Waals surface area contributed by atoms with Gasteiger partial charge in [0.1, 0.15) is 0 Å². The molecule has 12 heavy (non-hydrogen) atoms. The molecule has 0 aliphatic heterocycles. The highest BCUT2D eigenvalue weighted by molar-refractivity contribution is 7.22. The topological polar surface area (TPSA) is 26.0 Å². The third kappa shape index (κ3) is 0.937. The van der Waals surface area contributed by atoms with Crippen molar-refractivity contribution in [3.8, 4) is 0 Å². The Balaban J connectivity index is 2.09. The Morgan fingerprint density at radius 1 is 1.42 bits per heavy atom. The van der Waals surface area contributed by atoms with Crippen LogP contribution in [0.25, 0.3) is 10.1 Å². The molecule has 0 aromatic carbocycles. The van der Waals surface area contributed by atoms with E-state index in [0.29, 0.717) is 12.0 Å². The molecule has 1 fully saturated rings. The molecule has 0 amide bonds. The fraction of sp³-hybridized carbons (Fsp3) is 0.333. The summed E-state index contributed by atoms with van der Waals surface area (Å²) in [6.45, 7) is 0. The predicted octanol–water partition coefficient (Wildman–Crippen LogP) is 2.78. The summed E-state index contributed by atoms with van der Waals surface area (Å²) in [4.78, 5) is 1.49. The Kier molecular flexibility index (Phi) is 1.36. The van der Waals surface area contributed by atoms with Gasteiger partial charge in [-0.25, -0.2) is 0 Å². The van der Waals surface area contributed by atoms with Crippen LogP contribution in [0, 0.1) is 0 Å². The lowest BCUT2D eigenvalue weighted by molar-refractivity contribution is 1.01. The predicted molar refractivity (Wildman–Crippen MR) is 55.0 cm³/mol. The second-order valence-electron chi connectivity index (χ2n) is 3.35. The van der Waals surface area contributed by atoms with Crippen molar-refractivity contribution in [3.05, 3.63) is 21.7 Å². The average molecular weight is 195 g/mol. The van der Waals surface area contributed by atoms with Gasteiger partial charge in [-0.05, 0) is 17.9 Å². The molecule has 1 nitrogen and oxygen atoms in total. The summed E-state index contributed by atoms with van der Waals surface area (Å²) in [5, 5.41) is 5.83. The van der Waals surface area contributed by atoms with E-state index >= 15 is 0 Å². The van der Waals surface area contributed by atoms with Gasteiger partial charge in [0.2, 0.25) is 0 Å². The normalized spacial score (nSPS) is 28.1. The monoisotopic (exact) mass is 195 g/mol. The number of fused-ring (bicyclic) bond motifs is 1. The molecule has 0 spiro atoms. The molecule has 0 bridgehead atoms. The molecule has 0 radical (unpaired) electrons. The number of nitrogens with two attached hydrogens (primary N) is 1. The molecule has 3 rings (SSSR count). The van der Waals surface area contributed by atoms with Crippen LogP contribution >= 0.6 is 22.7 Å². The van der Waals surface area contributed by atoms with E-state index in [0.717, 1.165) is 0 Å². The molecule has 2 unspecified atom stereocenters. The van der Waals surface area contributed by atoms with Gasteiger partial charge in [0.25, 0.3) is 0 Å². The highest BCUT2D eigenvalue weighted by Crippen LogP contribution is 2.44. The Morgan fingerprint density at radius 2 is 2.25 bits per heavy atom. The van der Waals surface area contributed by atoms with Crippen molar-refractivity contribution in [2.75, 3.05) is 0 Å². The Hall–Kier alpha value is -0.380. The average Bonchev–Trinajstić information content (AvgIpc) is 2.45. The summed E-state index contributed by atoms with van der Waals surface area (Å²) in [5.41, 5.74) is 5.80. The maximum atomic E-state index is 5.80. The van der Waals surface area contributed by atoms with Crippen LogP contribution in [0.3, 0.4) is 0 Å². The number of thiophene rings is 2. The van der Waals surface area contributed by atoms with Gasteiger partial charge in [-0.1, -0.05) is 0 Å². The zero-order chi connectivity index (χ0) is 8.13. The van der Waals surface area contributed by atoms with Crippen LogP contribution in [0.1, 0.15) is 17.2 Å². The number of rotatable bonds is 1. The van der Waals surface area contributed by atoms with Crippen molar-refractivity contribution < 1.29 is 0 Å². The van der Waals surface area contributed by atoms with Crippen LogP contribution in [0.5, 0.6) is 0 Å². The van der Waals surface area contributed by atoms with E-state index in [1.165, 1.54) is 21.4 Å². The van der Waals surface area contributed by atoms with Gasteiger partial charge in [0.05, 0.1) is 0 Å². The lowest BCUT2D eigenvalue weighted by Gasteiger charge is -1.87. The van der Waals surface area contributed by atoms with Gasteiger partial charge in [-0.15, -0.1) is 11.3 Å². The summed E-state index contributed by atoms with van der Waals surface area (Å²) in [6.07, 6.45) is 1.19. The van der Waals surface area contributed by atoms with Crippen molar-refractivity contribution >= 4 is 32.8 Å². The fourth-order valence-corrected chi connectivity index (χ4v) is 3.72. The molecule has 2 aromatic rings. The summed E-state index contributed by atoms with van der Waals surface area (Å²) in [7, 11) is 0. The van der Waals surface area contributed by atoms with Crippen LogP contribution in [0.15, 0.2) is 16.8 Å². The standard InChI is InChI=1S/C9H9NS2/c10-7-2-6(7)8-1-5-3-11-4-9(5)12-8/h1,3-4,6-7H,2,10H2. The Labute approximate surface area is 78.8 Å². The maximum Gasteiger partial charge on any atom is 0.0452 e. The minimum atomic E-state index is 0.441. The minimum absolute atomic E-state index is 0.441. The first-order valence-electron chi connectivity index (χ1n) is 4.06. The van der Waals surface area contributed by atoms with Gasteiger partial charge < -0.3 is 5.73 Å². The van der Waals surface area contributed by atoms with E-state index in [2.05, 4.69) is 16.8 Å². The number of hydrogen-bond acceptors (Lipinski definition) is 3. The molecule has 2 heterocycles. The van der Waals surface area contributed by atoms with E-state index in [4.69, 9.17) is 5.73 Å².